The molecule has 0 spiro atoms. The Kier molecular flexibility index (Phi) is 5.94. The number of hydrogen-bond acceptors (Lipinski definition) is 8. The third-order valence-electron chi connectivity index (χ3n) is 3.23. The van der Waals surface area contributed by atoms with Crippen LogP contribution in [0.25, 0.3) is 0 Å². The molecular formula is C13H24N6O2. The summed E-state index contributed by atoms with van der Waals surface area (Å²) in [5.74, 6) is 6.34. The molecule has 1 atom stereocenters. The van der Waals surface area contributed by atoms with E-state index in [1.54, 1.807) is 0 Å². The van der Waals surface area contributed by atoms with Crippen molar-refractivity contribution in [2.45, 2.75) is 39.2 Å². The molecule has 2 rings (SSSR count). The summed E-state index contributed by atoms with van der Waals surface area (Å²) in [5.41, 5.74) is 2.46. The van der Waals surface area contributed by atoms with Crippen molar-refractivity contribution in [3.63, 3.8) is 0 Å². The van der Waals surface area contributed by atoms with Crippen LogP contribution in [0.1, 0.15) is 33.1 Å². The minimum Gasteiger partial charge on any atom is -0.458 e. The topological polar surface area (TPSA) is 98.4 Å². The van der Waals surface area contributed by atoms with Gasteiger partial charge in [-0.1, -0.05) is 0 Å². The van der Waals surface area contributed by atoms with Crippen LogP contribution < -0.4 is 20.9 Å². The summed E-state index contributed by atoms with van der Waals surface area (Å²) in [4.78, 5) is 14.9. The maximum Gasteiger partial charge on any atom is 0.323 e. The van der Waals surface area contributed by atoms with E-state index in [1.807, 2.05) is 13.8 Å². The monoisotopic (exact) mass is 296 g/mol. The number of hydrazine groups is 1. The van der Waals surface area contributed by atoms with Gasteiger partial charge in [0.15, 0.2) is 0 Å². The summed E-state index contributed by atoms with van der Waals surface area (Å²) in [7, 11) is 0. The van der Waals surface area contributed by atoms with Crippen LogP contribution in [0.5, 0.6) is 6.01 Å². The van der Waals surface area contributed by atoms with Gasteiger partial charge in [0.2, 0.25) is 11.9 Å². The molecule has 1 aromatic heterocycles. The van der Waals surface area contributed by atoms with Crippen LogP contribution >= 0.6 is 0 Å². The second kappa shape index (κ2) is 7.94. The minimum atomic E-state index is -0.132. The molecule has 0 bridgehead atoms. The Labute approximate surface area is 125 Å². The molecule has 1 saturated heterocycles. The van der Waals surface area contributed by atoms with E-state index in [2.05, 4.69) is 25.3 Å². The van der Waals surface area contributed by atoms with Gasteiger partial charge in [-0.15, -0.1) is 0 Å². The Morgan fingerprint density at radius 3 is 2.67 bits per heavy atom. The zero-order valence-corrected chi connectivity index (χ0v) is 12.7. The van der Waals surface area contributed by atoms with E-state index in [-0.39, 0.29) is 12.1 Å². The maximum absolute atomic E-state index is 5.68. The summed E-state index contributed by atoms with van der Waals surface area (Å²) >= 11 is 0. The van der Waals surface area contributed by atoms with E-state index in [4.69, 9.17) is 15.3 Å². The van der Waals surface area contributed by atoms with Crippen LogP contribution in [-0.4, -0.2) is 47.4 Å². The molecule has 8 heteroatoms. The van der Waals surface area contributed by atoms with Crippen molar-refractivity contribution < 1.29 is 9.47 Å². The van der Waals surface area contributed by atoms with Gasteiger partial charge in [0, 0.05) is 19.7 Å². The van der Waals surface area contributed by atoms with Crippen LogP contribution in [0.3, 0.4) is 0 Å². The Morgan fingerprint density at radius 2 is 2.00 bits per heavy atom. The van der Waals surface area contributed by atoms with Gasteiger partial charge in [0.1, 0.15) is 6.10 Å². The molecule has 1 aromatic rings. The first-order valence-electron chi connectivity index (χ1n) is 7.45. The van der Waals surface area contributed by atoms with Crippen molar-refractivity contribution in [3.05, 3.63) is 0 Å². The second-order valence-electron chi connectivity index (χ2n) is 5.02. The predicted molar refractivity (Wildman–Crippen MR) is 80.3 cm³/mol. The van der Waals surface area contributed by atoms with Gasteiger partial charge in [-0.2, -0.15) is 15.0 Å². The lowest BCUT2D eigenvalue weighted by Crippen LogP contribution is -2.32. The van der Waals surface area contributed by atoms with Gasteiger partial charge < -0.3 is 14.4 Å². The largest absolute Gasteiger partial charge is 0.458 e. The zero-order valence-electron chi connectivity index (χ0n) is 12.7. The number of aromatic nitrogens is 3. The van der Waals surface area contributed by atoms with Crippen LogP contribution in [0, 0.1) is 0 Å². The maximum atomic E-state index is 5.68. The number of nitrogens with two attached hydrogens (primary N) is 1. The highest BCUT2D eigenvalue weighted by Crippen LogP contribution is 2.19. The molecule has 21 heavy (non-hydrogen) atoms. The van der Waals surface area contributed by atoms with Crippen LogP contribution in [-0.2, 0) is 4.74 Å². The molecule has 0 saturated carbocycles. The van der Waals surface area contributed by atoms with E-state index >= 15 is 0 Å². The fourth-order valence-electron chi connectivity index (χ4n) is 2.20. The summed E-state index contributed by atoms with van der Waals surface area (Å²) in [6, 6.07) is 0.269. The van der Waals surface area contributed by atoms with Crippen molar-refractivity contribution in [3.8, 4) is 6.01 Å². The van der Waals surface area contributed by atoms with Crippen molar-refractivity contribution in [2.75, 3.05) is 36.6 Å². The van der Waals surface area contributed by atoms with Crippen molar-refractivity contribution >= 4 is 11.9 Å². The number of nitrogen functional groups attached to an aromatic ring is 1. The van der Waals surface area contributed by atoms with Crippen molar-refractivity contribution in [2.24, 2.45) is 5.84 Å². The van der Waals surface area contributed by atoms with Crippen LogP contribution in [0.15, 0.2) is 0 Å². The average molecular weight is 296 g/mol. The average Bonchev–Trinajstić information content (AvgIpc) is 2.53. The molecule has 1 aliphatic heterocycles. The van der Waals surface area contributed by atoms with E-state index in [1.165, 1.54) is 6.42 Å². The fourth-order valence-corrected chi connectivity index (χ4v) is 2.20. The molecule has 1 fully saturated rings. The summed E-state index contributed by atoms with van der Waals surface area (Å²) in [5, 5.41) is 0. The molecule has 0 radical (unpaired) electrons. The van der Waals surface area contributed by atoms with Crippen LogP contribution in [0.2, 0.25) is 0 Å². The second-order valence-corrected chi connectivity index (χ2v) is 5.02. The molecule has 2 heterocycles. The Morgan fingerprint density at radius 1 is 1.24 bits per heavy atom. The third-order valence-corrected chi connectivity index (χ3v) is 3.23. The first-order chi connectivity index (χ1) is 10.2. The number of rotatable bonds is 7. The van der Waals surface area contributed by atoms with Crippen molar-refractivity contribution in [1.82, 2.24) is 15.0 Å². The SMILES string of the molecule is CCOCC(C)Oc1nc(NN)nc(N2CCCCC2)n1. The summed E-state index contributed by atoms with van der Waals surface area (Å²) in [6.45, 7) is 6.90. The number of nitrogens with zero attached hydrogens (tertiary/aromatic N) is 4. The van der Waals surface area contributed by atoms with Gasteiger partial charge in [0.25, 0.3) is 0 Å². The first kappa shape index (κ1) is 15.7. The number of piperidine rings is 1. The van der Waals surface area contributed by atoms with Gasteiger partial charge in [0.05, 0.1) is 6.61 Å². The molecule has 0 aliphatic carbocycles. The van der Waals surface area contributed by atoms with E-state index in [9.17, 15) is 0 Å². The van der Waals surface area contributed by atoms with E-state index in [0.29, 0.717) is 25.1 Å². The zero-order chi connectivity index (χ0) is 15.1. The van der Waals surface area contributed by atoms with Gasteiger partial charge in [-0.25, -0.2) is 5.84 Å². The highest BCUT2D eigenvalue weighted by Gasteiger charge is 2.17. The first-order valence-corrected chi connectivity index (χ1v) is 7.45. The quantitative estimate of drug-likeness (QED) is 0.567. The smallest absolute Gasteiger partial charge is 0.323 e. The van der Waals surface area contributed by atoms with Crippen molar-refractivity contribution in [1.29, 1.82) is 0 Å². The summed E-state index contributed by atoms with van der Waals surface area (Å²) < 4.78 is 11.0. The number of ether oxygens (including phenoxy) is 2. The molecule has 3 N–H and O–H groups in total. The highest BCUT2D eigenvalue weighted by atomic mass is 16.5. The lowest BCUT2D eigenvalue weighted by molar-refractivity contribution is 0.0607. The van der Waals surface area contributed by atoms with Gasteiger partial charge in [-0.05, 0) is 33.1 Å². The van der Waals surface area contributed by atoms with Gasteiger partial charge in [-0.3, -0.25) is 5.43 Å². The fraction of sp³-hybridized carbons (Fsp3) is 0.769. The number of nitrogens with one attached hydrogen (secondary N) is 1. The van der Waals surface area contributed by atoms with Gasteiger partial charge >= 0.3 is 6.01 Å². The highest BCUT2D eigenvalue weighted by molar-refractivity contribution is 5.38. The predicted octanol–water partition coefficient (Wildman–Crippen LogP) is 0.951. The Hall–Kier alpha value is -1.67. The lowest BCUT2D eigenvalue weighted by atomic mass is 10.1. The molecular weight excluding hydrogens is 272 g/mol. The standard InChI is InChI=1S/C13H24N6O2/c1-3-20-9-10(2)21-13-16-11(18-14)15-12(17-13)19-7-5-4-6-8-19/h10H,3-9,14H2,1-2H3,(H,15,16,17,18). The molecule has 0 amide bonds. The minimum absolute atomic E-state index is 0.132. The molecule has 1 aliphatic rings. The normalized spacial score (nSPS) is 16.6. The number of anilines is 2. The molecule has 1 unspecified atom stereocenters. The van der Waals surface area contributed by atoms with Crippen LogP contribution in [0.4, 0.5) is 11.9 Å². The lowest BCUT2D eigenvalue weighted by Gasteiger charge is -2.27. The Bertz CT molecular complexity index is 439. The Balaban J connectivity index is 2.09. The summed E-state index contributed by atoms with van der Waals surface area (Å²) in [6.07, 6.45) is 3.41. The third kappa shape index (κ3) is 4.68. The molecule has 118 valence electrons. The molecule has 0 aromatic carbocycles. The van der Waals surface area contributed by atoms with E-state index in [0.717, 1.165) is 25.9 Å². The molecule has 8 nitrogen and oxygen atoms in total. The number of hydrogen-bond donors (Lipinski definition) is 2. The van der Waals surface area contributed by atoms with E-state index < -0.39 is 0 Å².